The molecule has 2 aromatic heterocycles. The monoisotopic (exact) mass is 411 g/mol. The fourth-order valence-corrected chi connectivity index (χ4v) is 3.23. The van der Waals surface area contributed by atoms with E-state index in [4.69, 9.17) is 20.9 Å². The van der Waals surface area contributed by atoms with E-state index in [1.54, 1.807) is 13.8 Å². The molecule has 0 atom stereocenters. The molecule has 2 heterocycles. The molecule has 4 rings (SSSR count). The van der Waals surface area contributed by atoms with Crippen molar-refractivity contribution in [2.24, 2.45) is 0 Å². The Morgan fingerprint density at radius 3 is 2.55 bits per heavy atom. The molecule has 0 spiro atoms. The normalized spacial score (nSPS) is 11.0. The molecule has 6 nitrogen and oxygen atoms in total. The fourth-order valence-electron chi connectivity index (χ4n) is 2.97. The number of aryl methyl sites for hydroxylation is 2. The predicted octanol–water partition coefficient (Wildman–Crippen LogP) is 5.05. The number of hydrogen-bond acceptors (Lipinski definition) is 6. The molecule has 0 radical (unpaired) electrons. The molecule has 0 saturated heterocycles. The lowest BCUT2D eigenvalue weighted by molar-refractivity contribution is 0.0466. The highest BCUT2D eigenvalue weighted by Gasteiger charge is 2.26. The second-order valence-corrected chi connectivity index (χ2v) is 6.79. The standard InChI is InChI=1S/C21H15ClFN3O3/c1-11-17(25-16-9-4-3-8-15(16)24-11)10-28-21(27)18-12(2)29-26-20(18)19-13(22)6-5-7-14(19)23/h3-9H,10H2,1-2H3. The number of benzene rings is 2. The maximum Gasteiger partial charge on any atom is 0.344 e. The Bertz CT molecular complexity index is 1220. The molecule has 2 aromatic carbocycles. The first-order valence-electron chi connectivity index (χ1n) is 8.75. The molecule has 0 amide bonds. The van der Waals surface area contributed by atoms with Crippen molar-refractivity contribution < 1.29 is 18.4 Å². The van der Waals surface area contributed by atoms with Crippen LogP contribution in [0.25, 0.3) is 22.3 Å². The molecule has 0 bridgehead atoms. The summed E-state index contributed by atoms with van der Waals surface area (Å²) >= 11 is 6.11. The van der Waals surface area contributed by atoms with Crippen LogP contribution in [0.1, 0.15) is 27.5 Å². The molecular formula is C21H15ClFN3O3. The van der Waals surface area contributed by atoms with Crippen molar-refractivity contribution in [2.45, 2.75) is 20.5 Å². The summed E-state index contributed by atoms with van der Waals surface area (Å²) in [4.78, 5) is 21.7. The van der Waals surface area contributed by atoms with Gasteiger partial charge in [-0.15, -0.1) is 0 Å². The number of carbonyl (C=O) groups is 1. The Hall–Kier alpha value is -3.32. The highest BCUT2D eigenvalue weighted by Crippen LogP contribution is 2.33. The van der Waals surface area contributed by atoms with Crippen LogP contribution < -0.4 is 0 Å². The summed E-state index contributed by atoms with van der Waals surface area (Å²) in [5.41, 5.74) is 2.63. The number of aromatic nitrogens is 3. The van der Waals surface area contributed by atoms with Gasteiger partial charge in [-0.2, -0.15) is 0 Å². The van der Waals surface area contributed by atoms with Gasteiger partial charge in [-0.05, 0) is 38.1 Å². The highest BCUT2D eigenvalue weighted by molar-refractivity contribution is 6.33. The molecule has 0 unspecified atom stereocenters. The molecule has 4 aromatic rings. The summed E-state index contributed by atoms with van der Waals surface area (Å²) in [7, 11) is 0. The Labute approximate surface area is 170 Å². The number of esters is 1. The molecule has 0 N–H and O–H groups in total. The zero-order valence-corrected chi connectivity index (χ0v) is 16.3. The first kappa shape index (κ1) is 19.0. The largest absolute Gasteiger partial charge is 0.455 e. The lowest BCUT2D eigenvalue weighted by Crippen LogP contribution is -2.10. The van der Waals surface area contributed by atoms with Crippen LogP contribution in [0.4, 0.5) is 4.39 Å². The van der Waals surface area contributed by atoms with E-state index < -0.39 is 11.8 Å². The minimum Gasteiger partial charge on any atom is -0.455 e. The number of carbonyl (C=O) groups excluding carboxylic acids is 1. The average Bonchev–Trinajstić information content (AvgIpc) is 3.07. The second-order valence-electron chi connectivity index (χ2n) is 6.38. The second kappa shape index (κ2) is 7.60. The Balaban J connectivity index is 1.64. The zero-order chi connectivity index (χ0) is 20.5. The van der Waals surface area contributed by atoms with Crippen molar-refractivity contribution in [2.75, 3.05) is 0 Å². The molecule has 0 saturated carbocycles. The van der Waals surface area contributed by atoms with Crippen LogP contribution in [-0.2, 0) is 11.3 Å². The van der Waals surface area contributed by atoms with E-state index in [9.17, 15) is 9.18 Å². The average molecular weight is 412 g/mol. The van der Waals surface area contributed by atoms with Gasteiger partial charge in [0.1, 0.15) is 29.4 Å². The van der Waals surface area contributed by atoms with Gasteiger partial charge in [-0.25, -0.2) is 19.2 Å². The Kier molecular flexibility index (Phi) is 4.98. The molecular weight excluding hydrogens is 397 g/mol. The summed E-state index contributed by atoms with van der Waals surface area (Å²) in [6, 6.07) is 11.6. The third-order valence-corrected chi connectivity index (χ3v) is 4.76. The summed E-state index contributed by atoms with van der Waals surface area (Å²) in [6.45, 7) is 3.23. The van der Waals surface area contributed by atoms with Gasteiger partial charge in [0.25, 0.3) is 0 Å². The predicted molar refractivity (Wildman–Crippen MR) is 105 cm³/mol. The van der Waals surface area contributed by atoms with Gasteiger partial charge in [0, 0.05) is 0 Å². The van der Waals surface area contributed by atoms with E-state index in [0.29, 0.717) is 16.9 Å². The van der Waals surface area contributed by atoms with Crippen LogP contribution in [0.15, 0.2) is 47.0 Å². The van der Waals surface area contributed by atoms with Crippen molar-refractivity contribution in [3.8, 4) is 11.3 Å². The molecule has 0 fully saturated rings. The third kappa shape index (κ3) is 3.56. The minimum atomic E-state index is -0.715. The van der Waals surface area contributed by atoms with Crippen molar-refractivity contribution in [1.29, 1.82) is 0 Å². The first-order valence-corrected chi connectivity index (χ1v) is 9.13. The Morgan fingerprint density at radius 1 is 1.10 bits per heavy atom. The van der Waals surface area contributed by atoms with E-state index >= 15 is 0 Å². The zero-order valence-electron chi connectivity index (χ0n) is 15.6. The summed E-state index contributed by atoms with van der Waals surface area (Å²) in [5, 5.41) is 3.93. The molecule has 0 aliphatic carbocycles. The van der Waals surface area contributed by atoms with E-state index in [1.165, 1.54) is 18.2 Å². The quantitative estimate of drug-likeness (QED) is 0.437. The van der Waals surface area contributed by atoms with Gasteiger partial charge in [-0.3, -0.25) is 0 Å². The van der Waals surface area contributed by atoms with E-state index in [0.717, 1.165) is 5.52 Å². The summed E-state index contributed by atoms with van der Waals surface area (Å²) < 4.78 is 24.8. The van der Waals surface area contributed by atoms with Crippen molar-refractivity contribution >= 4 is 28.6 Å². The van der Waals surface area contributed by atoms with Crippen molar-refractivity contribution in [1.82, 2.24) is 15.1 Å². The van der Waals surface area contributed by atoms with Gasteiger partial charge in [0.15, 0.2) is 0 Å². The van der Waals surface area contributed by atoms with Gasteiger partial charge in [-0.1, -0.05) is 35.0 Å². The maximum atomic E-state index is 14.3. The van der Waals surface area contributed by atoms with E-state index in [2.05, 4.69) is 15.1 Å². The minimum absolute atomic E-state index is 0.00285. The molecule has 0 aliphatic heterocycles. The molecule has 0 aliphatic rings. The lowest BCUT2D eigenvalue weighted by atomic mass is 10.1. The fraction of sp³-hybridized carbons (Fsp3) is 0.143. The van der Waals surface area contributed by atoms with Gasteiger partial charge in [0.2, 0.25) is 0 Å². The molecule has 29 heavy (non-hydrogen) atoms. The maximum absolute atomic E-state index is 14.3. The topological polar surface area (TPSA) is 78.1 Å². The first-order chi connectivity index (χ1) is 14.0. The number of halogens is 2. The third-order valence-electron chi connectivity index (χ3n) is 4.45. The van der Waals surface area contributed by atoms with Crippen molar-refractivity contribution in [3.05, 3.63) is 76.0 Å². The number of hydrogen-bond donors (Lipinski definition) is 0. The molecule has 146 valence electrons. The SMILES string of the molecule is Cc1nc2ccccc2nc1COC(=O)c1c(-c2c(F)cccc2Cl)noc1C. The van der Waals surface area contributed by atoms with E-state index in [1.807, 2.05) is 24.3 Å². The van der Waals surface area contributed by atoms with Crippen molar-refractivity contribution in [3.63, 3.8) is 0 Å². The lowest BCUT2D eigenvalue weighted by Gasteiger charge is -2.09. The number of rotatable bonds is 4. The van der Waals surface area contributed by atoms with Gasteiger partial charge in [0.05, 0.1) is 33.0 Å². The van der Waals surface area contributed by atoms with Crippen LogP contribution in [0.5, 0.6) is 0 Å². The number of ether oxygens (including phenoxy) is 1. The van der Waals surface area contributed by atoms with Gasteiger partial charge >= 0.3 is 5.97 Å². The van der Waals surface area contributed by atoms with Crippen LogP contribution in [0, 0.1) is 19.7 Å². The smallest absolute Gasteiger partial charge is 0.344 e. The van der Waals surface area contributed by atoms with E-state index in [-0.39, 0.29) is 34.2 Å². The number of nitrogens with zero attached hydrogens (tertiary/aromatic N) is 3. The Morgan fingerprint density at radius 2 is 1.83 bits per heavy atom. The van der Waals surface area contributed by atoms with Crippen LogP contribution in [0.2, 0.25) is 5.02 Å². The number of fused-ring (bicyclic) bond motifs is 1. The van der Waals surface area contributed by atoms with Crippen LogP contribution >= 0.6 is 11.6 Å². The van der Waals surface area contributed by atoms with Crippen LogP contribution in [-0.4, -0.2) is 21.1 Å². The highest BCUT2D eigenvalue weighted by atomic mass is 35.5. The van der Waals surface area contributed by atoms with Crippen LogP contribution in [0.3, 0.4) is 0 Å². The summed E-state index contributed by atoms with van der Waals surface area (Å²) in [5.74, 6) is -1.13. The number of para-hydroxylation sites is 2. The van der Waals surface area contributed by atoms with Gasteiger partial charge < -0.3 is 9.26 Å². The summed E-state index contributed by atoms with van der Waals surface area (Å²) in [6.07, 6.45) is 0. The molecule has 8 heteroatoms.